The lowest BCUT2D eigenvalue weighted by Crippen LogP contribution is -2.15. The highest BCUT2D eigenvalue weighted by Crippen LogP contribution is 2.19. The maximum absolute atomic E-state index is 12.6. The summed E-state index contributed by atoms with van der Waals surface area (Å²) < 4.78 is 15.5. The highest BCUT2D eigenvalue weighted by atomic mass is 16.5. The van der Waals surface area contributed by atoms with Crippen molar-refractivity contribution in [2.45, 2.75) is 27.2 Å². The van der Waals surface area contributed by atoms with Crippen molar-refractivity contribution in [2.75, 3.05) is 25.1 Å². The van der Waals surface area contributed by atoms with Crippen molar-refractivity contribution in [1.82, 2.24) is 0 Å². The first-order chi connectivity index (χ1) is 14.0. The van der Waals surface area contributed by atoms with Gasteiger partial charge in [-0.3, -0.25) is 4.79 Å². The van der Waals surface area contributed by atoms with E-state index < -0.39 is 11.9 Å². The quantitative estimate of drug-likeness (QED) is 0.639. The van der Waals surface area contributed by atoms with Gasteiger partial charge in [0, 0.05) is 11.3 Å². The van der Waals surface area contributed by atoms with Crippen LogP contribution in [-0.4, -0.2) is 37.7 Å². The van der Waals surface area contributed by atoms with Gasteiger partial charge in [0.1, 0.15) is 5.75 Å². The number of carbonyl (C=O) groups excluding carboxylic acids is 3. The molecule has 1 N–H and O–H groups in total. The lowest BCUT2D eigenvalue weighted by atomic mass is 10.1. The van der Waals surface area contributed by atoms with Crippen LogP contribution in [0.25, 0.3) is 0 Å². The van der Waals surface area contributed by atoms with E-state index in [-0.39, 0.29) is 35.9 Å². The van der Waals surface area contributed by atoms with E-state index in [9.17, 15) is 14.4 Å². The Labute approximate surface area is 170 Å². The normalized spacial score (nSPS) is 10.2. The highest BCUT2D eigenvalue weighted by molar-refractivity contribution is 6.06. The molecular formula is C22H25NO6. The smallest absolute Gasteiger partial charge is 0.338 e. The van der Waals surface area contributed by atoms with Gasteiger partial charge in [0.25, 0.3) is 5.91 Å². The van der Waals surface area contributed by atoms with Gasteiger partial charge in [0.05, 0.1) is 30.9 Å². The number of anilines is 1. The third kappa shape index (κ3) is 6.34. The topological polar surface area (TPSA) is 90.9 Å². The van der Waals surface area contributed by atoms with Gasteiger partial charge in [-0.2, -0.15) is 0 Å². The standard InChI is InChI=1S/C22H25NO6/c1-4-11-29-19-9-7-15(8-10-19)20(24)23-18-13-16(21(25)27-5-2)12-17(14-18)22(26)28-6-3/h7-10,12-14H,4-6,11H2,1-3H3,(H,23,24). The maximum atomic E-state index is 12.6. The summed E-state index contributed by atoms with van der Waals surface area (Å²) in [6, 6.07) is 11.0. The van der Waals surface area contributed by atoms with Gasteiger partial charge in [-0.25, -0.2) is 9.59 Å². The number of esters is 2. The third-order valence-corrected chi connectivity index (χ3v) is 3.80. The predicted octanol–water partition coefficient (Wildman–Crippen LogP) is 4.08. The molecule has 0 aliphatic heterocycles. The molecule has 0 saturated carbocycles. The minimum Gasteiger partial charge on any atom is -0.494 e. The Kier molecular flexibility index (Phi) is 8.21. The highest BCUT2D eigenvalue weighted by Gasteiger charge is 2.16. The molecular weight excluding hydrogens is 374 g/mol. The molecule has 0 aromatic heterocycles. The van der Waals surface area contributed by atoms with Gasteiger partial charge in [-0.1, -0.05) is 6.92 Å². The van der Waals surface area contributed by atoms with Gasteiger partial charge >= 0.3 is 11.9 Å². The first-order valence-corrected chi connectivity index (χ1v) is 9.52. The maximum Gasteiger partial charge on any atom is 0.338 e. The van der Waals surface area contributed by atoms with Crippen molar-refractivity contribution in [3.8, 4) is 5.75 Å². The molecule has 0 saturated heterocycles. The minimum atomic E-state index is -0.591. The molecule has 0 atom stereocenters. The molecule has 2 aromatic carbocycles. The summed E-state index contributed by atoms with van der Waals surface area (Å²) >= 11 is 0. The van der Waals surface area contributed by atoms with Crippen molar-refractivity contribution < 1.29 is 28.6 Å². The molecule has 0 spiro atoms. The van der Waals surface area contributed by atoms with E-state index >= 15 is 0 Å². The average Bonchev–Trinajstić information content (AvgIpc) is 2.72. The van der Waals surface area contributed by atoms with Crippen LogP contribution in [0.15, 0.2) is 42.5 Å². The number of hydrogen-bond acceptors (Lipinski definition) is 6. The summed E-state index contributed by atoms with van der Waals surface area (Å²) in [7, 11) is 0. The molecule has 0 radical (unpaired) electrons. The number of nitrogens with one attached hydrogen (secondary N) is 1. The number of carbonyl (C=O) groups is 3. The van der Waals surface area contributed by atoms with E-state index in [0.29, 0.717) is 17.9 Å². The number of amides is 1. The molecule has 29 heavy (non-hydrogen) atoms. The zero-order chi connectivity index (χ0) is 21.2. The molecule has 7 nitrogen and oxygen atoms in total. The molecule has 2 rings (SSSR count). The van der Waals surface area contributed by atoms with Crippen LogP contribution in [0, 0.1) is 0 Å². The second kappa shape index (κ2) is 10.8. The summed E-state index contributed by atoms with van der Waals surface area (Å²) in [4.78, 5) is 36.8. The van der Waals surface area contributed by atoms with Gasteiger partial charge in [-0.05, 0) is 62.7 Å². The molecule has 0 fully saturated rings. The van der Waals surface area contributed by atoms with Crippen molar-refractivity contribution >= 4 is 23.5 Å². The van der Waals surface area contributed by atoms with E-state index in [1.807, 2.05) is 6.92 Å². The fraction of sp³-hybridized carbons (Fsp3) is 0.318. The van der Waals surface area contributed by atoms with Crippen molar-refractivity contribution in [3.05, 3.63) is 59.2 Å². The summed E-state index contributed by atoms with van der Waals surface area (Å²) in [6.07, 6.45) is 0.891. The summed E-state index contributed by atoms with van der Waals surface area (Å²) in [5.41, 5.74) is 0.995. The Morgan fingerprint density at radius 1 is 0.793 bits per heavy atom. The van der Waals surface area contributed by atoms with E-state index in [0.717, 1.165) is 6.42 Å². The zero-order valence-electron chi connectivity index (χ0n) is 16.8. The fourth-order valence-corrected chi connectivity index (χ4v) is 2.49. The van der Waals surface area contributed by atoms with Crippen LogP contribution in [0.3, 0.4) is 0 Å². The Bertz CT molecular complexity index is 824. The average molecular weight is 399 g/mol. The first kappa shape index (κ1) is 21.9. The zero-order valence-corrected chi connectivity index (χ0v) is 16.8. The molecule has 0 aliphatic carbocycles. The van der Waals surface area contributed by atoms with Crippen molar-refractivity contribution in [1.29, 1.82) is 0 Å². The van der Waals surface area contributed by atoms with Crippen LogP contribution in [0.4, 0.5) is 5.69 Å². The second-order valence-electron chi connectivity index (χ2n) is 6.07. The van der Waals surface area contributed by atoms with Crippen LogP contribution >= 0.6 is 0 Å². The molecule has 0 aliphatic rings. The lowest BCUT2D eigenvalue weighted by Gasteiger charge is -2.11. The van der Waals surface area contributed by atoms with Gasteiger partial charge in [-0.15, -0.1) is 0 Å². The second-order valence-corrected chi connectivity index (χ2v) is 6.07. The first-order valence-electron chi connectivity index (χ1n) is 9.52. The number of hydrogen-bond donors (Lipinski definition) is 1. The number of rotatable bonds is 9. The van der Waals surface area contributed by atoms with Gasteiger partial charge in [0.15, 0.2) is 0 Å². The number of benzene rings is 2. The van der Waals surface area contributed by atoms with E-state index in [1.54, 1.807) is 38.1 Å². The van der Waals surface area contributed by atoms with E-state index in [2.05, 4.69) is 5.32 Å². The van der Waals surface area contributed by atoms with Crippen LogP contribution < -0.4 is 10.1 Å². The Hall–Kier alpha value is -3.35. The van der Waals surface area contributed by atoms with Gasteiger partial charge in [0.2, 0.25) is 0 Å². The Morgan fingerprint density at radius 3 is 1.83 bits per heavy atom. The molecule has 7 heteroatoms. The van der Waals surface area contributed by atoms with Crippen LogP contribution in [0.1, 0.15) is 58.3 Å². The van der Waals surface area contributed by atoms with Crippen LogP contribution in [0.5, 0.6) is 5.75 Å². The monoisotopic (exact) mass is 399 g/mol. The SMILES string of the molecule is CCCOc1ccc(C(=O)Nc2cc(C(=O)OCC)cc(C(=O)OCC)c2)cc1. The van der Waals surface area contributed by atoms with Crippen LogP contribution in [-0.2, 0) is 9.47 Å². The third-order valence-electron chi connectivity index (χ3n) is 3.80. The van der Waals surface area contributed by atoms with Crippen molar-refractivity contribution in [2.24, 2.45) is 0 Å². The van der Waals surface area contributed by atoms with E-state index in [1.165, 1.54) is 18.2 Å². The Morgan fingerprint density at radius 2 is 1.34 bits per heavy atom. The molecule has 0 unspecified atom stereocenters. The van der Waals surface area contributed by atoms with Gasteiger partial charge < -0.3 is 19.5 Å². The molecule has 0 bridgehead atoms. The minimum absolute atomic E-state index is 0.149. The summed E-state index contributed by atoms with van der Waals surface area (Å²) in [5.74, 6) is -0.890. The summed E-state index contributed by atoms with van der Waals surface area (Å²) in [6.45, 7) is 6.36. The van der Waals surface area contributed by atoms with E-state index in [4.69, 9.17) is 14.2 Å². The predicted molar refractivity (Wildman–Crippen MR) is 109 cm³/mol. The molecule has 2 aromatic rings. The molecule has 154 valence electrons. The molecule has 0 heterocycles. The van der Waals surface area contributed by atoms with Crippen molar-refractivity contribution in [3.63, 3.8) is 0 Å². The number of ether oxygens (including phenoxy) is 3. The van der Waals surface area contributed by atoms with Crippen LogP contribution in [0.2, 0.25) is 0 Å². The Balaban J connectivity index is 2.24. The summed E-state index contributed by atoms with van der Waals surface area (Å²) in [5, 5.41) is 2.70. The fourth-order valence-electron chi connectivity index (χ4n) is 2.49. The molecule has 1 amide bonds. The lowest BCUT2D eigenvalue weighted by molar-refractivity contribution is 0.0525. The largest absolute Gasteiger partial charge is 0.494 e.